The summed E-state index contributed by atoms with van der Waals surface area (Å²) in [7, 11) is 0. The second-order valence-electron chi connectivity index (χ2n) is 6.15. The van der Waals surface area contributed by atoms with Crippen molar-refractivity contribution >= 4 is 29.0 Å². The van der Waals surface area contributed by atoms with Gasteiger partial charge in [-0.1, -0.05) is 23.1 Å². The van der Waals surface area contributed by atoms with Crippen LogP contribution < -0.4 is 5.32 Å². The van der Waals surface area contributed by atoms with Gasteiger partial charge >= 0.3 is 0 Å². The summed E-state index contributed by atoms with van der Waals surface area (Å²) in [5.41, 5.74) is 2.44. The van der Waals surface area contributed by atoms with Gasteiger partial charge in [-0.05, 0) is 49.6 Å². The minimum absolute atomic E-state index is 0.0324. The van der Waals surface area contributed by atoms with E-state index in [1.165, 1.54) is 30.8 Å². The number of benzene rings is 1. The molecular weight excluding hydrogens is 328 g/mol. The Kier molecular flexibility index (Phi) is 4.33. The number of hydrogen-bond donors (Lipinski definition) is 1. The second kappa shape index (κ2) is 6.59. The topological polar surface area (TPSA) is 58.1 Å². The van der Waals surface area contributed by atoms with E-state index in [1.807, 2.05) is 24.3 Å². The Morgan fingerprint density at radius 2 is 2.17 bits per heavy atom. The lowest BCUT2D eigenvalue weighted by Crippen LogP contribution is -2.47. The summed E-state index contributed by atoms with van der Waals surface area (Å²) in [4.78, 5) is 15.9. The average Bonchev–Trinajstić information content (AvgIpc) is 3.18. The third-order valence-electron chi connectivity index (χ3n) is 4.46. The number of carbonyl (C=O) groups excluding carboxylic acids is 1. The normalized spacial score (nSPS) is 26.2. The van der Waals surface area contributed by atoms with Crippen molar-refractivity contribution < 1.29 is 4.79 Å². The molecule has 23 heavy (non-hydrogen) atoms. The number of piperidine rings is 1. The quantitative estimate of drug-likeness (QED) is 0.922. The molecule has 2 aliphatic rings. The molecule has 4 rings (SSSR count). The van der Waals surface area contributed by atoms with Gasteiger partial charge in [0.1, 0.15) is 5.51 Å². The third kappa shape index (κ3) is 3.57. The lowest BCUT2D eigenvalue weighted by Gasteiger charge is -2.30. The van der Waals surface area contributed by atoms with Crippen molar-refractivity contribution in [3.05, 3.63) is 35.3 Å². The number of amides is 1. The van der Waals surface area contributed by atoms with Crippen LogP contribution in [0.4, 0.5) is 0 Å². The molecule has 7 heteroatoms. The number of nitrogens with one attached hydrogen (secondary N) is 1. The largest absolute Gasteiger partial charge is 0.348 e. The van der Waals surface area contributed by atoms with Crippen molar-refractivity contribution in [1.29, 1.82) is 0 Å². The number of carbonyl (C=O) groups is 1. The zero-order valence-electron chi connectivity index (χ0n) is 12.6. The average molecular weight is 346 g/mol. The molecule has 3 atom stereocenters. The first-order valence-electron chi connectivity index (χ1n) is 7.83. The van der Waals surface area contributed by atoms with Crippen LogP contribution in [0.15, 0.2) is 39.0 Å². The maximum Gasteiger partial charge on any atom is 0.251 e. The van der Waals surface area contributed by atoms with E-state index in [2.05, 4.69) is 20.4 Å². The molecule has 1 amide bonds. The monoisotopic (exact) mass is 346 g/mol. The lowest BCUT2D eigenvalue weighted by molar-refractivity contribution is 0.0909. The molecule has 1 aromatic heterocycles. The molecule has 5 nitrogen and oxygen atoms in total. The molecule has 0 saturated carbocycles. The Morgan fingerprint density at radius 3 is 2.91 bits per heavy atom. The molecule has 1 aromatic carbocycles. The summed E-state index contributed by atoms with van der Waals surface area (Å²) >= 11 is 3.08. The number of nitrogens with zero attached hydrogens (tertiary/aromatic N) is 3. The van der Waals surface area contributed by atoms with Crippen LogP contribution in [0.1, 0.15) is 23.2 Å². The van der Waals surface area contributed by atoms with Crippen LogP contribution in [0, 0.1) is 5.92 Å². The fourth-order valence-corrected chi connectivity index (χ4v) is 4.87. The van der Waals surface area contributed by atoms with Gasteiger partial charge in [0.2, 0.25) is 0 Å². The SMILES string of the molecule is O=C(N[C@@H]1C[C@@H]2CCN(C2)C1)c1ccc(Sc2nncs2)cc1. The number of rotatable bonds is 4. The van der Waals surface area contributed by atoms with E-state index in [0.29, 0.717) is 6.04 Å². The molecule has 0 radical (unpaired) electrons. The second-order valence-corrected chi connectivity index (χ2v) is 8.31. The standard InChI is InChI=1S/C16H18N4OS2/c21-15(18-13-7-11-5-6-20(8-11)9-13)12-1-3-14(4-2-12)23-16-19-17-10-22-16/h1-4,10-11,13H,5-9H2,(H,18,21)/t11-,13+/m0/s1. The highest BCUT2D eigenvalue weighted by molar-refractivity contribution is 8.01. The fraction of sp³-hybridized carbons (Fsp3) is 0.438. The molecule has 2 bridgehead atoms. The highest BCUT2D eigenvalue weighted by Gasteiger charge is 2.32. The van der Waals surface area contributed by atoms with Gasteiger partial charge in [0.05, 0.1) is 0 Å². The van der Waals surface area contributed by atoms with Crippen molar-refractivity contribution in [3.8, 4) is 0 Å². The van der Waals surface area contributed by atoms with E-state index in [9.17, 15) is 4.79 Å². The Labute approximate surface area is 143 Å². The predicted molar refractivity (Wildman–Crippen MR) is 90.9 cm³/mol. The highest BCUT2D eigenvalue weighted by Crippen LogP contribution is 2.29. The third-order valence-corrected chi connectivity index (χ3v) is 6.25. The van der Waals surface area contributed by atoms with Crippen molar-refractivity contribution in [3.63, 3.8) is 0 Å². The Hall–Kier alpha value is -1.44. The van der Waals surface area contributed by atoms with E-state index in [4.69, 9.17) is 0 Å². The lowest BCUT2D eigenvalue weighted by atomic mass is 9.96. The van der Waals surface area contributed by atoms with Crippen LogP contribution in [-0.2, 0) is 0 Å². The van der Waals surface area contributed by atoms with Gasteiger partial charge in [-0.25, -0.2) is 0 Å². The molecule has 0 aliphatic carbocycles. The summed E-state index contributed by atoms with van der Waals surface area (Å²) in [5, 5.41) is 11.0. The van der Waals surface area contributed by atoms with E-state index < -0.39 is 0 Å². The smallest absolute Gasteiger partial charge is 0.251 e. The Bertz CT molecular complexity index is 662. The zero-order chi connectivity index (χ0) is 15.6. The first-order valence-corrected chi connectivity index (χ1v) is 9.53. The van der Waals surface area contributed by atoms with Gasteiger partial charge in [-0.3, -0.25) is 4.79 Å². The molecule has 2 fully saturated rings. The molecule has 120 valence electrons. The summed E-state index contributed by atoms with van der Waals surface area (Å²) in [5.74, 6) is 0.796. The van der Waals surface area contributed by atoms with Crippen LogP contribution in [0.5, 0.6) is 0 Å². The Morgan fingerprint density at radius 1 is 1.30 bits per heavy atom. The minimum Gasteiger partial charge on any atom is -0.348 e. The van der Waals surface area contributed by atoms with Gasteiger partial charge in [0.15, 0.2) is 4.34 Å². The first-order chi connectivity index (χ1) is 11.3. The van der Waals surface area contributed by atoms with Gasteiger partial charge < -0.3 is 10.2 Å². The van der Waals surface area contributed by atoms with Crippen molar-refractivity contribution in [1.82, 2.24) is 20.4 Å². The highest BCUT2D eigenvalue weighted by atomic mass is 32.2. The van der Waals surface area contributed by atoms with Crippen molar-refractivity contribution in [2.45, 2.75) is 28.1 Å². The van der Waals surface area contributed by atoms with Gasteiger partial charge in [0.25, 0.3) is 5.91 Å². The van der Waals surface area contributed by atoms with Crippen LogP contribution in [-0.4, -0.2) is 46.7 Å². The predicted octanol–water partition coefficient (Wildman–Crippen LogP) is 2.51. The number of fused-ring (bicyclic) bond motifs is 2. The summed E-state index contributed by atoms with van der Waals surface area (Å²) in [6.45, 7) is 3.39. The molecule has 2 saturated heterocycles. The summed E-state index contributed by atoms with van der Waals surface area (Å²) in [6, 6.07) is 8.00. The van der Waals surface area contributed by atoms with Gasteiger partial charge in [-0.2, -0.15) is 0 Å². The first kappa shape index (κ1) is 15.1. The molecule has 1 unspecified atom stereocenters. The molecule has 1 N–H and O–H groups in total. The van der Waals surface area contributed by atoms with E-state index in [0.717, 1.165) is 33.7 Å². The maximum atomic E-state index is 12.4. The maximum absolute atomic E-state index is 12.4. The summed E-state index contributed by atoms with van der Waals surface area (Å²) < 4.78 is 0.911. The van der Waals surface area contributed by atoms with Crippen LogP contribution in [0.2, 0.25) is 0 Å². The fourth-order valence-electron chi connectivity index (χ4n) is 3.42. The summed E-state index contributed by atoms with van der Waals surface area (Å²) in [6.07, 6.45) is 2.40. The number of aromatic nitrogens is 2. The van der Waals surface area contributed by atoms with Crippen molar-refractivity contribution in [2.24, 2.45) is 5.92 Å². The van der Waals surface area contributed by atoms with E-state index >= 15 is 0 Å². The zero-order valence-corrected chi connectivity index (χ0v) is 14.3. The Balaban J connectivity index is 1.36. The number of hydrogen-bond acceptors (Lipinski definition) is 6. The minimum atomic E-state index is 0.0324. The van der Waals surface area contributed by atoms with Gasteiger partial charge in [0, 0.05) is 29.6 Å². The van der Waals surface area contributed by atoms with Crippen LogP contribution in [0.25, 0.3) is 0 Å². The molecule has 2 aromatic rings. The molecule has 2 aliphatic heterocycles. The molecule has 3 heterocycles. The van der Waals surface area contributed by atoms with Crippen LogP contribution >= 0.6 is 23.1 Å². The molecule has 0 spiro atoms. The van der Waals surface area contributed by atoms with Gasteiger partial charge in [-0.15, -0.1) is 10.2 Å². The van der Waals surface area contributed by atoms with Crippen molar-refractivity contribution in [2.75, 3.05) is 19.6 Å². The van der Waals surface area contributed by atoms with E-state index in [1.54, 1.807) is 17.3 Å². The van der Waals surface area contributed by atoms with Crippen LogP contribution in [0.3, 0.4) is 0 Å². The van der Waals surface area contributed by atoms with E-state index in [-0.39, 0.29) is 5.91 Å². The molecular formula is C16H18N4OS2.